The van der Waals surface area contributed by atoms with Crippen molar-refractivity contribution in [1.29, 1.82) is 0 Å². The largest absolute Gasteiger partial charge is 0.467 e. The van der Waals surface area contributed by atoms with Crippen molar-refractivity contribution in [3.8, 4) is 0 Å². The van der Waals surface area contributed by atoms with E-state index in [0.29, 0.717) is 19.6 Å². The molecule has 0 spiro atoms. The van der Waals surface area contributed by atoms with Crippen LogP contribution in [0.3, 0.4) is 0 Å². The lowest BCUT2D eigenvalue weighted by Crippen LogP contribution is -2.44. The quantitative estimate of drug-likeness (QED) is 0.581. The van der Waals surface area contributed by atoms with E-state index < -0.39 is 23.7 Å². The van der Waals surface area contributed by atoms with E-state index >= 15 is 0 Å². The van der Waals surface area contributed by atoms with E-state index in [2.05, 4.69) is 6.58 Å². The van der Waals surface area contributed by atoms with Crippen LogP contribution in [0.15, 0.2) is 12.7 Å². The van der Waals surface area contributed by atoms with Gasteiger partial charge in [0.25, 0.3) is 0 Å². The van der Waals surface area contributed by atoms with Gasteiger partial charge in [-0.05, 0) is 20.8 Å². The van der Waals surface area contributed by atoms with Gasteiger partial charge in [-0.3, -0.25) is 4.90 Å². The molecule has 0 aromatic carbocycles. The van der Waals surface area contributed by atoms with Gasteiger partial charge in [0, 0.05) is 6.42 Å². The standard InChI is InChI=1S/C14H23NO5/c1-6-7-19-10-8-11(12(16)18-5)15(9-10)13(17)20-14(2,3)4/h6,10-11H,1,7-9H2,2-5H3/t10-,11-/m0/s1. The molecule has 0 bridgehead atoms. The Hall–Kier alpha value is -1.56. The number of carbonyl (C=O) groups is 2. The van der Waals surface area contributed by atoms with Crippen molar-refractivity contribution in [2.75, 3.05) is 20.3 Å². The van der Waals surface area contributed by atoms with Crippen molar-refractivity contribution in [1.82, 2.24) is 4.90 Å². The first-order chi connectivity index (χ1) is 9.28. The molecule has 0 saturated carbocycles. The Morgan fingerprint density at radius 3 is 2.55 bits per heavy atom. The van der Waals surface area contributed by atoms with Gasteiger partial charge >= 0.3 is 12.1 Å². The lowest BCUT2D eigenvalue weighted by molar-refractivity contribution is -0.145. The molecule has 0 unspecified atom stereocenters. The van der Waals surface area contributed by atoms with Crippen LogP contribution in [0.5, 0.6) is 0 Å². The molecule has 1 aliphatic rings. The number of methoxy groups -OCH3 is 1. The first-order valence-electron chi connectivity index (χ1n) is 6.58. The number of hydrogen-bond donors (Lipinski definition) is 0. The average molecular weight is 285 g/mol. The fraction of sp³-hybridized carbons (Fsp3) is 0.714. The van der Waals surface area contributed by atoms with Gasteiger partial charge in [0.1, 0.15) is 11.6 Å². The van der Waals surface area contributed by atoms with Crippen LogP contribution in [-0.4, -0.2) is 55.0 Å². The van der Waals surface area contributed by atoms with Crippen LogP contribution in [0.1, 0.15) is 27.2 Å². The zero-order valence-electron chi connectivity index (χ0n) is 12.5. The summed E-state index contributed by atoms with van der Waals surface area (Å²) in [5, 5.41) is 0. The summed E-state index contributed by atoms with van der Waals surface area (Å²) in [5.74, 6) is -0.458. The number of rotatable bonds is 4. The summed E-state index contributed by atoms with van der Waals surface area (Å²) in [6, 6.07) is -0.662. The van der Waals surface area contributed by atoms with Gasteiger partial charge in [-0.15, -0.1) is 6.58 Å². The Bertz CT molecular complexity index is 374. The number of nitrogens with zero attached hydrogens (tertiary/aromatic N) is 1. The molecule has 0 N–H and O–H groups in total. The third-order valence-electron chi connectivity index (χ3n) is 2.81. The maximum atomic E-state index is 12.1. The molecule has 1 rings (SSSR count). The van der Waals surface area contributed by atoms with Crippen LogP contribution in [0.2, 0.25) is 0 Å². The SMILES string of the molecule is C=CCO[C@H]1C[C@@H](C(=O)OC)N(C(=O)OC(C)(C)C)C1. The minimum Gasteiger partial charge on any atom is -0.467 e. The molecular weight excluding hydrogens is 262 g/mol. The highest BCUT2D eigenvalue weighted by Crippen LogP contribution is 2.24. The maximum absolute atomic E-state index is 12.1. The number of amides is 1. The molecule has 6 heteroatoms. The molecule has 114 valence electrons. The number of carbonyl (C=O) groups excluding carboxylic acids is 2. The predicted molar refractivity (Wildman–Crippen MR) is 73.3 cm³/mol. The van der Waals surface area contributed by atoms with E-state index in [1.807, 2.05) is 0 Å². The monoisotopic (exact) mass is 285 g/mol. The van der Waals surface area contributed by atoms with Crippen molar-refractivity contribution in [3.05, 3.63) is 12.7 Å². The Morgan fingerprint density at radius 1 is 1.40 bits per heavy atom. The highest BCUT2D eigenvalue weighted by Gasteiger charge is 2.42. The van der Waals surface area contributed by atoms with E-state index in [4.69, 9.17) is 14.2 Å². The molecule has 2 atom stereocenters. The van der Waals surface area contributed by atoms with Gasteiger partial charge in [0.2, 0.25) is 0 Å². The van der Waals surface area contributed by atoms with Crippen molar-refractivity contribution < 1.29 is 23.8 Å². The summed E-state index contributed by atoms with van der Waals surface area (Å²) in [4.78, 5) is 25.3. The highest BCUT2D eigenvalue weighted by atomic mass is 16.6. The molecule has 1 fully saturated rings. The van der Waals surface area contributed by atoms with Gasteiger partial charge < -0.3 is 14.2 Å². The van der Waals surface area contributed by atoms with E-state index in [-0.39, 0.29) is 6.10 Å². The number of esters is 1. The molecule has 1 aliphatic heterocycles. The molecule has 0 aromatic heterocycles. The average Bonchev–Trinajstić information content (AvgIpc) is 2.77. The van der Waals surface area contributed by atoms with Gasteiger partial charge in [0.15, 0.2) is 0 Å². The van der Waals surface area contributed by atoms with E-state index in [1.54, 1.807) is 26.8 Å². The van der Waals surface area contributed by atoms with E-state index in [0.717, 1.165) is 0 Å². The van der Waals surface area contributed by atoms with Crippen LogP contribution >= 0.6 is 0 Å². The lowest BCUT2D eigenvalue weighted by Gasteiger charge is -2.27. The summed E-state index contributed by atoms with van der Waals surface area (Å²) in [6.45, 7) is 9.59. The smallest absolute Gasteiger partial charge is 0.411 e. The van der Waals surface area contributed by atoms with E-state index in [1.165, 1.54) is 12.0 Å². The first kappa shape index (κ1) is 16.5. The molecule has 20 heavy (non-hydrogen) atoms. The molecular formula is C14H23NO5. The summed E-state index contributed by atoms with van der Waals surface area (Å²) in [7, 11) is 1.30. The van der Waals surface area contributed by atoms with Gasteiger partial charge in [-0.2, -0.15) is 0 Å². The van der Waals surface area contributed by atoms with Crippen molar-refractivity contribution in [3.63, 3.8) is 0 Å². The normalized spacial score (nSPS) is 22.5. The number of ether oxygens (including phenoxy) is 3. The Kier molecular flexibility index (Phi) is 5.56. The van der Waals surface area contributed by atoms with Crippen LogP contribution in [0.25, 0.3) is 0 Å². The maximum Gasteiger partial charge on any atom is 0.411 e. The fourth-order valence-corrected chi connectivity index (χ4v) is 2.00. The molecule has 1 amide bonds. The highest BCUT2D eigenvalue weighted by molar-refractivity contribution is 5.82. The van der Waals surface area contributed by atoms with Crippen LogP contribution in [0, 0.1) is 0 Å². The van der Waals surface area contributed by atoms with Gasteiger partial charge in [-0.25, -0.2) is 9.59 Å². The summed E-state index contributed by atoms with van der Waals surface area (Å²) in [6.07, 6.45) is 1.28. The van der Waals surface area contributed by atoms with E-state index in [9.17, 15) is 9.59 Å². The lowest BCUT2D eigenvalue weighted by atomic mass is 10.2. The third kappa shape index (κ3) is 4.52. The second kappa shape index (κ2) is 6.74. The minimum absolute atomic E-state index is 0.218. The number of hydrogen-bond acceptors (Lipinski definition) is 5. The molecule has 0 radical (unpaired) electrons. The third-order valence-corrected chi connectivity index (χ3v) is 2.81. The molecule has 0 aromatic rings. The van der Waals surface area contributed by atoms with Crippen LogP contribution in [0.4, 0.5) is 4.79 Å². The van der Waals surface area contributed by atoms with Crippen molar-refractivity contribution >= 4 is 12.1 Å². The first-order valence-corrected chi connectivity index (χ1v) is 6.58. The van der Waals surface area contributed by atoms with Crippen molar-refractivity contribution in [2.45, 2.75) is 44.9 Å². The van der Waals surface area contributed by atoms with Gasteiger partial charge in [0.05, 0.1) is 26.4 Å². The van der Waals surface area contributed by atoms with Crippen molar-refractivity contribution in [2.24, 2.45) is 0 Å². The molecule has 1 saturated heterocycles. The predicted octanol–water partition coefficient (Wildman–Crippen LogP) is 1.74. The minimum atomic E-state index is -0.662. The fourth-order valence-electron chi connectivity index (χ4n) is 2.00. The van der Waals surface area contributed by atoms with Crippen LogP contribution < -0.4 is 0 Å². The zero-order chi connectivity index (χ0) is 15.3. The molecule has 6 nitrogen and oxygen atoms in total. The zero-order valence-corrected chi connectivity index (χ0v) is 12.5. The summed E-state index contributed by atoms with van der Waals surface area (Å²) >= 11 is 0. The second-order valence-electron chi connectivity index (χ2n) is 5.65. The second-order valence-corrected chi connectivity index (χ2v) is 5.65. The Labute approximate surface area is 119 Å². The Balaban J connectivity index is 2.76. The van der Waals surface area contributed by atoms with Crippen LogP contribution in [-0.2, 0) is 19.0 Å². The topological polar surface area (TPSA) is 65.1 Å². The summed E-state index contributed by atoms with van der Waals surface area (Å²) < 4.78 is 15.5. The van der Waals surface area contributed by atoms with Gasteiger partial charge in [-0.1, -0.05) is 6.08 Å². The molecule has 0 aliphatic carbocycles. The molecule has 1 heterocycles. The summed E-state index contributed by atoms with van der Waals surface area (Å²) in [5.41, 5.74) is -0.613. The Morgan fingerprint density at radius 2 is 2.05 bits per heavy atom. The number of likely N-dealkylation sites (tertiary alicyclic amines) is 1.